The number of carbonyl (C=O) groups excluding carboxylic acids is 2. The summed E-state index contributed by atoms with van der Waals surface area (Å²) < 4.78 is 0. The molecule has 152 valence electrons. The van der Waals surface area contributed by atoms with E-state index in [1.165, 1.54) is 19.3 Å². The quantitative estimate of drug-likeness (QED) is 0.576. The molecule has 8 nitrogen and oxygen atoms in total. The zero-order valence-electron chi connectivity index (χ0n) is 16.2. The van der Waals surface area contributed by atoms with Gasteiger partial charge in [0.25, 0.3) is 0 Å². The Hall–Kier alpha value is -1.22. The molecule has 27 heavy (non-hydrogen) atoms. The van der Waals surface area contributed by atoms with Gasteiger partial charge in [0.15, 0.2) is 0 Å². The van der Waals surface area contributed by atoms with Gasteiger partial charge in [-0.15, -0.1) is 0 Å². The molecule has 4 N–H and O–H groups in total. The fourth-order valence-electron chi connectivity index (χ4n) is 5.15. The summed E-state index contributed by atoms with van der Waals surface area (Å²) in [5, 5.41) is 6.60. The van der Waals surface area contributed by atoms with Crippen molar-refractivity contribution in [3.8, 4) is 0 Å². The van der Waals surface area contributed by atoms with Gasteiger partial charge in [0.2, 0.25) is 11.8 Å². The molecule has 0 saturated carbocycles. The molecule has 4 fully saturated rings. The second-order valence-corrected chi connectivity index (χ2v) is 8.53. The molecule has 8 heteroatoms. The van der Waals surface area contributed by atoms with Crippen LogP contribution in [0.15, 0.2) is 0 Å². The molecule has 4 saturated heterocycles. The van der Waals surface area contributed by atoms with Gasteiger partial charge in [-0.05, 0) is 38.6 Å². The van der Waals surface area contributed by atoms with E-state index in [1.807, 2.05) is 4.90 Å². The van der Waals surface area contributed by atoms with Gasteiger partial charge in [-0.2, -0.15) is 0 Å². The van der Waals surface area contributed by atoms with Crippen LogP contribution in [0.1, 0.15) is 38.5 Å². The SMILES string of the molecule is NC1CC2C(=O)NCC(CCC(=O)N3CCN(C4CCCCN4)CC3)N2C1. The molecule has 4 heterocycles. The molecular weight excluding hydrogens is 344 g/mol. The average Bonchev–Trinajstić information content (AvgIpc) is 3.11. The van der Waals surface area contributed by atoms with Crippen LogP contribution in [0, 0.1) is 0 Å². The van der Waals surface area contributed by atoms with E-state index in [9.17, 15) is 9.59 Å². The van der Waals surface area contributed by atoms with Crippen LogP contribution >= 0.6 is 0 Å². The summed E-state index contributed by atoms with van der Waals surface area (Å²) in [7, 11) is 0. The molecule has 0 aromatic heterocycles. The third-order valence-corrected chi connectivity index (χ3v) is 6.74. The van der Waals surface area contributed by atoms with E-state index in [-0.39, 0.29) is 29.9 Å². The van der Waals surface area contributed by atoms with Crippen LogP contribution in [-0.2, 0) is 9.59 Å². The number of piperidine rings is 1. The number of carbonyl (C=O) groups is 2. The maximum absolute atomic E-state index is 12.7. The molecule has 0 aliphatic carbocycles. The summed E-state index contributed by atoms with van der Waals surface area (Å²) in [6.45, 7) is 6.10. The van der Waals surface area contributed by atoms with Crippen molar-refractivity contribution in [3.63, 3.8) is 0 Å². The first kappa shape index (κ1) is 19.1. The Kier molecular flexibility index (Phi) is 5.96. The van der Waals surface area contributed by atoms with Gasteiger partial charge >= 0.3 is 0 Å². The lowest BCUT2D eigenvalue weighted by Gasteiger charge is -2.41. The minimum Gasteiger partial charge on any atom is -0.353 e. The van der Waals surface area contributed by atoms with Crippen LogP contribution in [0.2, 0.25) is 0 Å². The van der Waals surface area contributed by atoms with Crippen molar-refractivity contribution in [2.24, 2.45) is 5.73 Å². The normalized spacial score (nSPS) is 35.7. The number of nitrogens with zero attached hydrogens (tertiary/aromatic N) is 3. The number of amides is 2. The molecule has 0 aromatic rings. The molecule has 4 rings (SSSR count). The predicted molar refractivity (Wildman–Crippen MR) is 103 cm³/mol. The van der Waals surface area contributed by atoms with E-state index < -0.39 is 0 Å². The predicted octanol–water partition coefficient (Wildman–Crippen LogP) is -1.09. The van der Waals surface area contributed by atoms with Crippen molar-refractivity contribution in [2.75, 3.05) is 45.8 Å². The number of rotatable bonds is 4. The molecular formula is C19H34N6O2. The van der Waals surface area contributed by atoms with E-state index in [2.05, 4.69) is 20.4 Å². The van der Waals surface area contributed by atoms with Crippen LogP contribution in [0.5, 0.6) is 0 Å². The van der Waals surface area contributed by atoms with E-state index in [4.69, 9.17) is 5.73 Å². The van der Waals surface area contributed by atoms with Crippen molar-refractivity contribution in [3.05, 3.63) is 0 Å². The lowest BCUT2D eigenvalue weighted by atomic mass is 10.0. The van der Waals surface area contributed by atoms with Crippen molar-refractivity contribution < 1.29 is 9.59 Å². The fourth-order valence-corrected chi connectivity index (χ4v) is 5.15. The highest BCUT2D eigenvalue weighted by molar-refractivity contribution is 5.83. The summed E-state index contributed by atoms with van der Waals surface area (Å²) in [4.78, 5) is 31.5. The van der Waals surface area contributed by atoms with Crippen LogP contribution < -0.4 is 16.4 Å². The highest BCUT2D eigenvalue weighted by atomic mass is 16.2. The van der Waals surface area contributed by atoms with Crippen LogP contribution in [0.3, 0.4) is 0 Å². The van der Waals surface area contributed by atoms with Gasteiger partial charge in [0.05, 0.1) is 12.2 Å². The number of nitrogens with two attached hydrogens (primary N) is 1. The molecule has 0 bridgehead atoms. The Morgan fingerprint density at radius 1 is 1.19 bits per heavy atom. The van der Waals surface area contributed by atoms with Crippen LogP contribution in [0.25, 0.3) is 0 Å². The molecule has 4 atom stereocenters. The first-order valence-electron chi connectivity index (χ1n) is 10.7. The Labute approximate surface area is 161 Å². The summed E-state index contributed by atoms with van der Waals surface area (Å²) in [6.07, 6.45) is 6.38. The number of hydrogen-bond donors (Lipinski definition) is 3. The van der Waals surface area contributed by atoms with Crippen molar-refractivity contribution >= 4 is 11.8 Å². The molecule has 4 aliphatic heterocycles. The van der Waals surface area contributed by atoms with Gasteiger partial charge in [-0.1, -0.05) is 0 Å². The standard InChI is InChI=1S/C19H34N6O2/c20-14-11-16-19(27)22-12-15(25(16)13-14)4-5-18(26)24-9-7-23(8-10-24)17-3-1-2-6-21-17/h14-17,21H,1-13,20H2,(H,22,27). The first-order valence-corrected chi connectivity index (χ1v) is 10.7. The van der Waals surface area contributed by atoms with Crippen LogP contribution in [-0.4, -0.2) is 96.6 Å². The van der Waals surface area contributed by atoms with Gasteiger partial charge in [0.1, 0.15) is 0 Å². The Morgan fingerprint density at radius 2 is 2.00 bits per heavy atom. The average molecular weight is 379 g/mol. The van der Waals surface area contributed by atoms with Crippen molar-refractivity contribution in [1.29, 1.82) is 0 Å². The number of nitrogens with one attached hydrogen (secondary N) is 2. The van der Waals surface area contributed by atoms with E-state index in [1.54, 1.807) is 0 Å². The fraction of sp³-hybridized carbons (Fsp3) is 0.895. The highest BCUT2D eigenvalue weighted by Crippen LogP contribution is 2.25. The second-order valence-electron chi connectivity index (χ2n) is 8.53. The van der Waals surface area contributed by atoms with E-state index in [0.29, 0.717) is 19.1 Å². The number of fused-ring (bicyclic) bond motifs is 1. The third kappa shape index (κ3) is 4.29. The van der Waals surface area contributed by atoms with Gasteiger partial charge < -0.3 is 21.3 Å². The molecule has 0 aromatic carbocycles. The Bertz CT molecular complexity index is 544. The summed E-state index contributed by atoms with van der Waals surface area (Å²) in [5.74, 6) is 0.348. The lowest BCUT2D eigenvalue weighted by molar-refractivity contribution is -0.134. The minimum atomic E-state index is -0.0969. The summed E-state index contributed by atoms with van der Waals surface area (Å²) >= 11 is 0. The van der Waals surface area contributed by atoms with Gasteiger partial charge in [-0.25, -0.2) is 0 Å². The van der Waals surface area contributed by atoms with E-state index >= 15 is 0 Å². The van der Waals surface area contributed by atoms with Crippen LogP contribution in [0.4, 0.5) is 0 Å². The molecule has 4 unspecified atom stereocenters. The maximum atomic E-state index is 12.7. The maximum Gasteiger partial charge on any atom is 0.237 e. The Balaban J connectivity index is 1.22. The molecule has 0 spiro atoms. The lowest BCUT2D eigenvalue weighted by Crippen LogP contribution is -2.58. The summed E-state index contributed by atoms with van der Waals surface area (Å²) in [5.41, 5.74) is 6.06. The zero-order chi connectivity index (χ0) is 18.8. The smallest absolute Gasteiger partial charge is 0.237 e. The first-order chi connectivity index (χ1) is 13.1. The molecule has 2 amide bonds. The van der Waals surface area contributed by atoms with Crippen molar-refractivity contribution in [2.45, 2.75) is 62.8 Å². The highest BCUT2D eigenvalue weighted by Gasteiger charge is 2.42. The summed E-state index contributed by atoms with van der Waals surface area (Å²) in [6, 6.07) is 0.205. The van der Waals surface area contributed by atoms with E-state index in [0.717, 1.165) is 52.1 Å². The topological polar surface area (TPSA) is 93.9 Å². The minimum absolute atomic E-state index is 0.0681. The number of piperazine rings is 2. The van der Waals surface area contributed by atoms with Crippen molar-refractivity contribution in [1.82, 2.24) is 25.3 Å². The monoisotopic (exact) mass is 378 g/mol. The zero-order valence-corrected chi connectivity index (χ0v) is 16.2. The third-order valence-electron chi connectivity index (χ3n) is 6.74. The van der Waals surface area contributed by atoms with Gasteiger partial charge in [-0.3, -0.25) is 19.4 Å². The second kappa shape index (κ2) is 8.43. The number of hydrogen-bond acceptors (Lipinski definition) is 6. The molecule has 0 radical (unpaired) electrons. The van der Waals surface area contributed by atoms with Gasteiger partial charge in [0, 0.05) is 57.8 Å². The molecule has 4 aliphatic rings. The largest absolute Gasteiger partial charge is 0.353 e. The Morgan fingerprint density at radius 3 is 2.74 bits per heavy atom.